The first-order valence-corrected chi connectivity index (χ1v) is 15.7. The van der Waals surface area contributed by atoms with Gasteiger partial charge in [0, 0.05) is 61.7 Å². The molecule has 3 aliphatic heterocycles. The minimum absolute atomic E-state index is 0.379. The highest BCUT2D eigenvalue weighted by Gasteiger charge is 2.54. The van der Waals surface area contributed by atoms with E-state index in [1.807, 2.05) is 30.7 Å². The number of nitriles is 1. The number of aromatic nitrogens is 4. The standard InChI is InChI=1S/C34H37N7O3/c1-42-32-5-2-23(14-37-32)17-39-9-6-34(22-39)7-10-40(11-8-34)31-4-3-24(15-36-31)27-12-26(18-41-33(27)25(13-35)16-38-41)44-21-30-28-19-43-20-29(28)30/h2-5,12,14-16,18,28-30H,6-11,17,19-22H2,1H3. The number of rotatable bonds is 8. The van der Waals surface area contributed by atoms with Gasteiger partial charge in [0.1, 0.15) is 17.6 Å². The number of hydrogen-bond acceptors (Lipinski definition) is 9. The third-order valence-electron chi connectivity index (χ3n) is 10.4. The highest BCUT2D eigenvalue weighted by molar-refractivity contribution is 5.85. The van der Waals surface area contributed by atoms with Gasteiger partial charge >= 0.3 is 0 Å². The van der Waals surface area contributed by atoms with Gasteiger partial charge in [0.2, 0.25) is 5.88 Å². The van der Waals surface area contributed by atoms with E-state index in [0.29, 0.717) is 41.2 Å². The minimum Gasteiger partial charge on any atom is -0.492 e. The van der Waals surface area contributed by atoms with Gasteiger partial charge in [0.25, 0.3) is 0 Å². The van der Waals surface area contributed by atoms with E-state index in [4.69, 9.17) is 19.2 Å². The molecule has 10 nitrogen and oxygen atoms in total. The zero-order valence-electron chi connectivity index (χ0n) is 25.1. The van der Waals surface area contributed by atoms with Crippen molar-refractivity contribution < 1.29 is 14.2 Å². The molecule has 1 spiro atoms. The molecule has 0 bridgehead atoms. The van der Waals surface area contributed by atoms with Crippen molar-refractivity contribution in [3.8, 4) is 28.8 Å². The van der Waals surface area contributed by atoms with Crippen LogP contribution >= 0.6 is 0 Å². The lowest BCUT2D eigenvalue weighted by molar-refractivity contribution is 0.137. The molecule has 0 aromatic carbocycles. The van der Waals surface area contributed by atoms with Gasteiger partial charge in [0.15, 0.2) is 0 Å². The van der Waals surface area contributed by atoms with E-state index in [9.17, 15) is 5.26 Å². The lowest BCUT2D eigenvalue weighted by Gasteiger charge is -2.40. The Morgan fingerprint density at radius 1 is 1.02 bits per heavy atom. The molecule has 226 valence electrons. The summed E-state index contributed by atoms with van der Waals surface area (Å²) in [5.41, 5.74) is 4.79. The molecule has 4 aromatic rings. The molecule has 4 fully saturated rings. The number of piperidine rings is 1. The number of methoxy groups -OCH3 is 1. The van der Waals surface area contributed by atoms with Gasteiger partial charge in [-0.25, -0.2) is 14.5 Å². The van der Waals surface area contributed by atoms with E-state index in [0.717, 1.165) is 74.1 Å². The summed E-state index contributed by atoms with van der Waals surface area (Å²) in [5, 5.41) is 14.2. The van der Waals surface area contributed by atoms with Gasteiger partial charge < -0.3 is 19.1 Å². The molecule has 8 rings (SSSR count). The lowest BCUT2D eigenvalue weighted by atomic mass is 9.78. The quantitative estimate of drug-likeness (QED) is 0.294. The fraction of sp³-hybridized carbons (Fsp3) is 0.471. The molecule has 4 aliphatic rings. The van der Waals surface area contributed by atoms with Crippen LogP contribution in [0.3, 0.4) is 0 Å². The molecule has 1 aliphatic carbocycles. The number of ether oxygens (including phenoxy) is 3. The molecule has 10 heteroatoms. The highest BCUT2D eigenvalue weighted by atomic mass is 16.5. The van der Waals surface area contributed by atoms with Crippen LogP contribution in [0.15, 0.2) is 55.1 Å². The average molecular weight is 592 g/mol. The zero-order chi connectivity index (χ0) is 29.7. The molecule has 0 N–H and O–H groups in total. The molecule has 44 heavy (non-hydrogen) atoms. The predicted octanol–water partition coefficient (Wildman–Crippen LogP) is 4.44. The first kappa shape index (κ1) is 27.4. The van der Waals surface area contributed by atoms with Crippen molar-refractivity contribution >= 4 is 11.3 Å². The van der Waals surface area contributed by atoms with Crippen LogP contribution in [-0.4, -0.2) is 77.6 Å². The molecule has 7 heterocycles. The normalized spacial score (nSPS) is 24.0. The second kappa shape index (κ2) is 11.1. The molecule has 0 amide bonds. The fourth-order valence-corrected chi connectivity index (χ4v) is 7.67. The Morgan fingerprint density at radius 3 is 2.59 bits per heavy atom. The molecule has 2 atom stereocenters. The van der Waals surface area contributed by atoms with Gasteiger partial charge in [0.05, 0.1) is 50.4 Å². The Kier molecular flexibility index (Phi) is 6.88. The predicted molar refractivity (Wildman–Crippen MR) is 164 cm³/mol. The third kappa shape index (κ3) is 5.04. The van der Waals surface area contributed by atoms with Crippen LogP contribution < -0.4 is 14.4 Å². The summed E-state index contributed by atoms with van der Waals surface area (Å²) >= 11 is 0. The molecule has 1 saturated carbocycles. The number of anilines is 1. The van der Waals surface area contributed by atoms with Gasteiger partial charge in [-0.2, -0.15) is 10.4 Å². The smallest absolute Gasteiger partial charge is 0.212 e. The summed E-state index contributed by atoms with van der Waals surface area (Å²) < 4.78 is 18.7. The van der Waals surface area contributed by atoms with Crippen molar-refractivity contribution in [2.24, 2.45) is 23.2 Å². The molecule has 2 unspecified atom stereocenters. The van der Waals surface area contributed by atoms with E-state index < -0.39 is 0 Å². The van der Waals surface area contributed by atoms with Crippen LogP contribution in [0.4, 0.5) is 5.82 Å². The minimum atomic E-state index is 0.379. The Labute approximate surface area is 257 Å². The zero-order valence-corrected chi connectivity index (χ0v) is 25.1. The van der Waals surface area contributed by atoms with Gasteiger partial charge in [-0.1, -0.05) is 6.07 Å². The molecule has 0 radical (unpaired) electrons. The Hall–Kier alpha value is -4.20. The molecular weight excluding hydrogens is 554 g/mol. The van der Waals surface area contributed by atoms with Crippen molar-refractivity contribution in [3.05, 3.63) is 66.2 Å². The first-order chi connectivity index (χ1) is 21.6. The lowest BCUT2D eigenvalue weighted by Crippen LogP contribution is -2.41. The number of pyridine rings is 3. The average Bonchev–Trinajstić information content (AvgIpc) is 3.47. The third-order valence-corrected chi connectivity index (χ3v) is 10.4. The maximum atomic E-state index is 9.77. The van der Waals surface area contributed by atoms with Crippen molar-refractivity contribution in [2.45, 2.75) is 25.8 Å². The number of hydrogen-bond donors (Lipinski definition) is 0. The summed E-state index contributed by atoms with van der Waals surface area (Å²) in [6, 6.07) is 12.6. The van der Waals surface area contributed by atoms with E-state index in [1.54, 1.807) is 17.8 Å². The van der Waals surface area contributed by atoms with E-state index in [-0.39, 0.29) is 0 Å². The summed E-state index contributed by atoms with van der Waals surface area (Å²) in [6.07, 6.45) is 10.9. The number of fused-ring (bicyclic) bond motifs is 2. The Balaban J connectivity index is 0.934. The monoisotopic (exact) mass is 591 g/mol. The van der Waals surface area contributed by atoms with Crippen molar-refractivity contribution in [2.75, 3.05) is 58.0 Å². The largest absolute Gasteiger partial charge is 0.492 e. The Bertz CT molecular complexity index is 1680. The van der Waals surface area contributed by atoms with E-state index >= 15 is 0 Å². The van der Waals surface area contributed by atoms with Crippen LogP contribution in [-0.2, 0) is 11.3 Å². The number of nitrogens with zero attached hydrogens (tertiary/aromatic N) is 7. The maximum Gasteiger partial charge on any atom is 0.212 e. The Morgan fingerprint density at radius 2 is 1.86 bits per heavy atom. The van der Waals surface area contributed by atoms with Crippen LogP contribution in [0, 0.1) is 34.5 Å². The summed E-state index contributed by atoms with van der Waals surface area (Å²) in [4.78, 5) is 14.3. The molecule has 3 saturated heterocycles. The van der Waals surface area contributed by atoms with Crippen LogP contribution in [0.5, 0.6) is 11.6 Å². The molecular formula is C34H37N7O3. The fourth-order valence-electron chi connectivity index (χ4n) is 7.67. The topological polar surface area (TPSA) is 101 Å². The summed E-state index contributed by atoms with van der Waals surface area (Å²) in [6.45, 7) is 7.60. The van der Waals surface area contributed by atoms with Gasteiger partial charge in [-0.05, 0) is 66.8 Å². The van der Waals surface area contributed by atoms with Crippen molar-refractivity contribution in [3.63, 3.8) is 0 Å². The first-order valence-electron chi connectivity index (χ1n) is 15.7. The van der Waals surface area contributed by atoms with Crippen LogP contribution in [0.2, 0.25) is 0 Å². The van der Waals surface area contributed by atoms with Crippen LogP contribution in [0.1, 0.15) is 30.4 Å². The van der Waals surface area contributed by atoms with Gasteiger partial charge in [-0.3, -0.25) is 4.90 Å². The number of likely N-dealkylation sites (tertiary alicyclic amines) is 1. The van der Waals surface area contributed by atoms with Crippen LogP contribution in [0.25, 0.3) is 16.6 Å². The van der Waals surface area contributed by atoms with E-state index in [2.05, 4.69) is 44.2 Å². The summed E-state index contributed by atoms with van der Waals surface area (Å²) in [7, 11) is 1.65. The SMILES string of the molecule is COc1ccc(CN2CCC3(CCN(c4ccc(-c5cc(OCC6C7COCC76)cn6ncc(C#N)c56)cn4)CC3)C2)cn1. The second-order valence-electron chi connectivity index (χ2n) is 13.0. The van der Waals surface area contributed by atoms with Crippen molar-refractivity contribution in [1.29, 1.82) is 5.26 Å². The van der Waals surface area contributed by atoms with E-state index in [1.165, 1.54) is 24.8 Å². The summed E-state index contributed by atoms with van der Waals surface area (Å²) in [5.74, 6) is 4.26. The van der Waals surface area contributed by atoms with Gasteiger partial charge in [-0.15, -0.1) is 0 Å². The maximum absolute atomic E-state index is 9.77. The molecule has 4 aromatic heterocycles. The highest BCUT2D eigenvalue weighted by Crippen LogP contribution is 2.50. The second-order valence-corrected chi connectivity index (χ2v) is 13.0. The van der Waals surface area contributed by atoms with Crippen molar-refractivity contribution in [1.82, 2.24) is 24.5 Å².